The standard InChI is InChI=1S/C22H26N2O4/c1-4-15-5-7-18(8-6-15)24-14-17(12-21(24)25)22(26)23-13-16-11-19(27-2)9-10-20(16)28-3/h5-11,17H,4,12-14H2,1-3H3,(H,23,26). The first-order chi connectivity index (χ1) is 13.5. The average Bonchev–Trinajstić information content (AvgIpc) is 3.13. The zero-order valence-corrected chi connectivity index (χ0v) is 16.5. The molecule has 0 aliphatic carbocycles. The van der Waals surface area contributed by atoms with Gasteiger partial charge in [0.2, 0.25) is 11.8 Å². The van der Waals surface area contributed by atoms with Gasteiger partial charge in [-0.1, -0.05) is 19.1 Å². The fourth-order valence-electron chi connectivity index (χ4n) is 3.39. The summed E-state index contributed by atoms with van der Waals surface area (Å²) < 4.78 is 10.6. The van der Waals surface area contributed by atoms with Gasteiger partial charge in [-0.3, -0.25) is 9.59 Å². The van der Waals surface area contributed by atoms with Crippen LogP contribution in [-0.4, -0.2) is 32.6 Å². The minimum Gasteiger partial charge on any atom is -0.497 e. The van der Waals surface area contributed by atoms with Crippen LogP contribution >= 0.6 is 0 Å². The summed E-state index contributed by atoms with van der Waals surface area (Å²) in [5.74, 6) is 0.855. The molecular weight excluding hydrogens is 356 g/mol. The van der Waals surface area contributed by atoms with Crippen molar-refractivity contribution in [3.63, 3.8) is 0 Å². The Kier molecular flexibility index (Phi) is 6.19. The molecule has 6 nitrogen and oxygen atoms in total. The molecule has 0 saturated carbocycles. The van der Waals surface area contributed by atoms with Gasteiger partial charge in [-0.05, 0) is 42.3 Å². The van der Waals surface area contributed by atoms with Crippen molar-refractivity contribution in [2.24, 2.45) is 5.92 Å². The van der Waals surface area contributed by atoms with Gasteiger partial charge in [0.25, 0.3) is 0 Å². The largest absolute Gasteiger partial charge is 0.497 e. The molecule has 0 bridgehead atoms. The van der Waals surface area contributed by atoms with Crippen molar-refractivity contribution in [1.29, 1.82) is 0 Å². The van der Waals surface area contributed by atoms with Gasteiger partial charge >= 0.3 is 0 Å². The first kappa shape index (κ1) is 19.7. The maximum absolute atomic E-state index is 12.6. The van der Waals surface area contributed by atoms with E-state index in [-0.39, 0.29) is 24.2 Å². The number of anilines is 1. The summed E-state index contributed by atoms with van der Waals surface area (Å²) in [6, 6.07) is 13.4. The molecule has 0 spiro atoms. The monoisotopic (exact) mass is 382 g/mol. The van der Waals surface area contributed by atoms with E-state index in [9.17, 15) is 9.59 Å². The second kappa shape index (κ2) is 8.78. The molecule has 1 aliphatic rings. The van der Waals surface area contributed by atoms with Gasteiger partial charge < -0.3 is 19.7 Å². The summed E-state index contributed by atoms with van der Waals surface area (Å²) in [7, 11) is 3.18. The minimum atomic E-state index is -0.366. The van der Waals surface area contributed by atoms with Crippen LogP contribution in [0.5, 0.6) is 11.5 Å². The lowest BCUT2D eigenvalue weighted by molar-refractivity contribution is -0.126. The SMILES string of the molecule is CCc1ccc(N2CC(C(=O)NCc3cc(OC)ccc3OC)CC2=O)cc1. The molecule has 0 aromatic heterocycles. The van der Waals surface area contributed by atoms with Crippen molar-refractivity contribution in [3.05, 3.63) is 53.6 Å². The molecule has 2 amide bonds. The van der Waals surface area contributed by atoms with Gasteiger partial charge in [-0.25, -0.2) is 0 Å². The number of hydrogen-bond donors (Lipinski definition) is 1. The van der Waals surface area contributed by atoms with Crippen LogP contribution in [0, 0.1) is 5.92 Å². The Hall–Kier alpha value is -3.02. The first-order valence-corrected chi connectivity index (χ1v) is 9.43. The second-order valence-electron chi connectivity index (χ2n) is 6.82. The summed E-state index contributed by atoms with van der Waals surface area (Å²) in [4.78, 5) is 26.7. The van der Waals surface area contributed by atoms with E-state index in [1.165, 1.54) is 5.56 Å². The van der Waals surface area contributed by atoms with Crippen LogP contribution in [0.4, 0.5) is 5.69 Å². The van der Waals surface area contributed by atoms with E-state index in [2.05, 4.69) is 12.2 Å². The van der Waals surface area contributed by atoms with Gasteiger partial charge in [-0.2, -0.15) is 0 Å². The Morgan fingerprint density at radius 1 is 1.14 bits per heavy atom. The molecule has 148 valence electrons. The molecule has 28 heavy (non-hydrogen) atoms. The molecule has 1 atom stereocenters. The number of methoxy groups -OCH3 is 2. The van der Waals surface area contributed by atoms with Crippen molar-refractivity contribution >= 4 is 17.5 Å². The van der Waals surface area contributed by atoms with Crippen LogP contribution in [0.3, 0.4) is 0 Å². The van der Waals surface area contributed by atoms with Crippen molar-refractivity contribution < 1.29 is 19.1 Å². The van der Waals surface area contributed by atoms with Crippen molar-refractivity contribution in [1.82, 2.24) is 5.32 Å². The maximum atomic E-state index is 12.6. The third-order valence-corrected chi connectivity index (χ3v) is 5.09. The van der Waals surface area contributed by atoms with E-state index in [1.54, 1.807) is 25.2 Å². The molecule has 3 rings (SSSR count). The van der Waals surface area contributed by atoms with Gasteiger partial charge in [0, 0.05) is 30.8 Å². The van der Waals surface area contributed by atoms with Crippen LogP contribution in [0.25, 0.3) is 0 Å². The van der Waals surface area contributed by atoms with Crippen LogP contribution in [0.1, 0.15) is 24.5 Å². The fourth-order valence-corrected chi connectivity index (χ4v) is 3.39. The summed E-state index contributed by atoms with van der Waals surface area (Å²) in [6.07, 6.45) is 1.17. The number of carbonyl (C=O) groups is 2. The van der Waals surface area contributed by atoms with E-state index in [0.717, 1.165) is 17.7 Å². The number of ether oxygens (including phenoxy) is 2. The van der Waals surface area contributed by atoms with Crippen molar-refractivity contribution in [2.75, 3.05) is 25.7 Å². The second-order valence-corrected chi connectivity index (χ2v) is 6.82. The number of nitrogens with zero attached hydrogens (tertiary/aromatic N) is 1. The van der Waals surface area contributed by atoms with E-state index < -0.39 is 0 Å². The van der Waals surface area contributed by atoms with Gasteiger partial charge in [0.15, 0.2) is 0 Å². The Balaban J connectivity index is 1.63. The molecule has 2 aromatic rings. The van der Waals surface area contributed by atoms with Crippen molar-refractivity contribution in [3.8, 4) is 11.5 Å². The number of hydrogen-bond acceptors (Lipinski definition) is 4. The van der Waals surface area contributed by atoms with E-state index in [4.69, 9.17) is 9.47 Å². The zero-order chi connectivity index (χ0) is 20.1. The molecule has 6 heteroatoms. The topological polar surface area (TPSA) is 67.9 Å². The van der Waals surface area contributed by atoms with Crippen molar-refractivity contribution in [2.45, 2.75) is 26.3 Å². The van der Waals surface area contributed by atoms with Crippen LogP contribution in [-0.2, 0) is 22.6 Å². The molecule has 0 radical (unpaired) electrons. The normalized spacial score (nSPS) is 16.2. The smallest absolute Gasteiger partial charge is 0.227 e. The number of amides is 2. The number of aryl methyl sites for hydroxylation is 1. The third-order valence-electron chi connectivity index (χ3n) is 5.09. The molecule has 1 saturated heterocycles. The minimum absolute atomic E-state index is 0.0247. The highest BCUT2D eigenvalue weighted by molar-refractivity contribution is 6.00. The molecule has 1 fully saturated rings. The summed E-state index contributed by atoms with van der Waals surface area (Å²) >= 11 is 0. The maximum Gasteiger partial charge on any atom is 0.227 e. The lowest BCUT2D eigenvalue weighted by Crippen LogP contribution is -2.32. The number of rotatable bonds is 7. The van der Waals surface area contributed by atoms with Crippen LogP contribution < -0.4 is 19.7 Å². The predicted molar refractivity (Wildman–Crippen MR) is 108 cm³/mol. The Labute approximate surface area is 165 Å². The zero-order valence-electron chi connectivity index (χ0n) is 16.5. The fraction of sp³-hybridized carbons (Fsp3) is 0.364. The van der Waals surface area contributed by atoms with Gasteiger partial charge in [-0.15, -0.1) is 0 Å². The molecular formula is C22H26N2O4. The van der Waals surface area contributed by atoms with Crippen LogP contribution in [0.15, 0.2) is 42.5 Å². The summed E-state index contributed by atoms with van der Waals surface area (Å²) in [5.41, 5.74) is 2.88. The molecule has 1 unspecified atom stereocenters. The lowest BCUT2D eigenvalue weighted by Gasteiger charge is -2.17. The van der Waals surface area contributed by atoms with Gasteiger partial charge in [0.1, 0.15) is 11.5 Å². The number of nitrogens with one attached hydrogen (secondary N) is 1. The molecule has 1 N–H and O–H groups in total. The van der Waals surface area contributed by atoms with E-state index in [1.807, 2.05) is 36.4 Å². The highest BCUT2D eigenvalue weighted by Crippen LogP contribution is 2.27. The Morgan fingerprint density at radius 3 is 2.54 bits per heavy atom. The van der Waals surface area contributed by atoms with Crippen LogP contribution in [0.2, 0.25) is 0 Å². The molecule has 1 aliphatic heterocycles. The Morgan fingerprint density at radius 2 is 1.89 bits per heavy atom. The molecule has 2 aromatic carbocycles. The predicted octanol–water partition coefficient (Wildman–Crippen LogP) is 2.94. The highest BCUT2D eigenvalue weighted by Gasteiger charge is 2.35. The Bertz CT molecular complexity index is 848. The van der Waals surface area contributed by atoms with E-state index >= 15 is 0 Å². The number of carbonyl (C=O) groups excluding carboxylic acids is 2. The summed E-state index contributed by atoms with van der Waals surface area (Å²) in [6.45, 7) is 2.80. The number of benzene rings is 2. The quantitative estimate of drug-likeness (QED) is 0.800. The summed E-state index contributed by atoms with van der Waals surface area (Å²) in [5, 5.41) is 2.92. The first-order valence-electron chi connectivity index (χ1n) is 9.43. The lowest BCUT2D eigenvalue weighted by atomic mass is 10.1. The average molecular weight is 382 g/mol. The third kappa shape index (κ3) is 4.27. The van der Waals surface area contributed by atoms with Gasteiger partial charge in [0.05, 0.1) is 20.1 Å². The van der Waals surface area contributed by atoms with E-state index in [0.29, 0.717) is 24.6 Å². The molecule has 1 heterocycles. The highest BCUT2D eigenvalue weighted by atomic mass is 16.5.